The third-order valence-corrected chi connectivity index (χ3v) is 5.15. The number of methoxy groups -OCH3 is 2. The summed E-state index contributed by atoms with van der Waals surface area (Å²) in [6.45, 7) is 0. The van der Waals surface area contributed by atoms with Crippen molar-refractivity contribution in [2.45, 2.75) is 25.7 Å². The highest BCUT2D eigenvalue weighted by Gasteiger charge is 2.31. The van der Waals surface area contributed by atoms with Crippen molar-refractivity contribution >= 4 is 23.2 Å². The van der Waals surface area contributed by atoms with E-state index in [0.717, 1.165) is 19.3 Å². The lowest BCUT2D eigenvalue weighted by Gasteiger charge is -2.28. The van der Waals surface area contributed by atoms with Gasteiger partial charge in [0, 0.05) is 11.8 Å². The summed E-state index contributed by atoms with van der Waals surface area (Å²) in [6, 6.07) is 14.6. The highest BCUT2D eigenvalue weighted by Crippen LogP contribution is 2.33. The Morgan fingerprint density at radius 3 is 1.64 bits per heavy atom. The Bertz CT molecular complexity index is 769. The van der Waals surface area contributed by atoms with Gasteiger partial charge in [0.25, 0.3) is 0 Å². The third-order valence-electron chi connectivity index (χ3n) is 5.15. The van der Waals surface area contributed by atoms with E-state index >= 15 is 0 Å². The minimum atomic E-state index is -0.202. The molecule has 0 saturated heterocycles. The van der Waals surface area contributed by atoms with Crippen LogP contribution in [-0.2, 0) is 9.59 Å². The number of ether oxygens (including phenoxy) is 2. The average molecular weight is 382 g/mol. The van der Waals surface area contributed by atoms with Gasteiger partial charge >= 0.3 is 0 Å². The van der Waals surface area contributed by atoms with E-state index in [-0.39, 0.29) is 23.7 Å². The Labute approximate surface area is 165 Å². The molecule has 2 amide bonds. The summed E-state index contributed by atoms with van der Waals surface area (Å²) in [7, 11) is 3.15. The van der Waals surface area contributed by atoms with Crippen LogP contribution in [0, 0.1) is 11.8 Å². The van der Waals surface area contributed by atoms with Crippen LogP contribution in [0.2, 0.25) is 0 Å². The first-order chi connectivity index (χ1) is 13.6. The van der Waals surface area contributed by atoms with E-state index in [9.17, 15) is 9.59 Å². The number of carbonyl (C=O) groups excluding carboxylic acids is 2. The zero-order chi connectivity index (χ0) is 19.9. The molecule has 1 aliphatic carbocycles. The van der Waals surface area contributed by atoms with Gasteiger partial charge in [0.15, 0.2) is 0 Å². The molecule has 1 fully saturated rings. The monoisotopic (exact) mass is 382 g/mol. The average Bonchev–Trinajstić information content (AvgIpc) is 2.74. The normalized spacial score (nSPS) is 18.8. The maximum Gasteiger partial charge on any atom is 0.227 e. The molecule has 1 aliphatic rings. The van der Waals surface area contributed by atoms with Gasteiger partial charge in [-0.2, -0.15) is 0 Å². The standard InChI is InChI=1S/C22H26N2O4/c1-27-19-12-5-3-10-17(19)23-21(25)15-8-7-9-16(14-15)22(26)24-18-11-4-6-13-20(18)28-2/h3-6,10-13,15-16H,7-9,14H2,1-2H3,(H,23,25)(H,24,26). The van der Waals surface area contributed by atoms with Crippen LogP contribution < -0.4 is 20.1 Å². The van der Waals surface area contributed by atoms with Crippen LogP contribution in [0.4, 0.5) is 11.4 Å². The molecular weight excluding hydrogens is 356 g/mol. The largest absolute Gasteiger partial charge is 0.495 e. The van der Waals surface area contributed by atoms with Crippen molar-refractivity contribution in [3.8, 4) is 11.5 Å². The number of benzene rings is 2. The van der Waals surface area contributed by atoms with E-state index in [2.05, 4.69) is 10.6 Å². The molecule has 2 N–H and O–H groups in total. The van der Waals surface area contributed by atoms with Crippen molar-refractivity contribution in [1.82, 2.24) is 0 Å². The second-order valence-corrected chi connectivity index (χ2v) is 6.94. The molecule has 6 heteroatoms. The number of carbonyl (C=O) groups is 2. The maximum atomic E-state index is 12.7. The molecule has 0 aliphatic heterocycles. The number of hydrogen-bond acceptors (Lipinski definition) is 4. The maximum absolute atomic E-state index is 12.7. The first-order valence-corrected chi connectivity index (χ1v) is 9.50. The number of para-hydroxylation sites is 4. The Kier molecular flexibility index (Phi) is 6.53. The fourth-order valence-electron chi connectivity index (χ4n) is 3.63. The van der Waals surface area contributed by atoms with Gasteiger partial charge in [-0.1, -0.05) is 30.7 Å². The smallest absolute Gasteiger partial charge is 0.227 e. The van der Waals surface area contributed by atoms with Crippen LogP contribution in [0.25, 0.3) is 0 Å². The van der Waals surface area contributed by atoms with Crippen LogP contribution in [0.5, 0.6) is 11.5 Å². The summed E-state index contributed by atoms with van der Waals surface area (Å²) in [5.41, 5.74) is 1.30. The molecular formula is C22H26N2O4. The first kappa shape index (κ1) is 19.7. The van der Waals surface area contributed by atoms with E-state index in [4.69, 9.17) is 9.47 Å². The van der Waals surface area contributed by atoms with Crippen molar-refractivity contribution < 1.29 is 19.1 Å². The highest BCUT2D eigenvalue weighted by atomic mass is 16.5. The molecule has 1 saturated carbocycles. The fourth-order valence-corrected chi connectivity index (χ4v) is 3.63. The summed E-state index contributed by atoms with van der Waals surface area (Å²) in [4.78, 5) is 25.5. The third kappa shape index (κ3) is 4.63. The Morgan fingerprint density at radius 2 is 1.21 bits per heavy atom. The van der Waals surface area contributed by atoms with E-state index < -0.39 is 0 Å². The van der Waals surface area contributed by atoms with Gasteiger partial charge in [0.05, 0.1) is 25.6 Å². The summed E-state index contributed by atoms with van der Waals surface area (Å²) in [6.07, 6.45) is 2.93. The van der Waals surface area contributed by atoms with Gasteiger partial charge in [-0.05, 0) is 43.5 Å². The molecule has 2 aromatic rings. The highest BCUT2D eigenvalue weighted by molar-refractivity contribution is 5.96. The fraction of sp³-hybridized carbons (Fsp3) is 0.364. The lowest BCUT2D eigenvalue weighted by molar-refractivity contribution is -0.124. The van der Waals surface area contributed by atoms with Gasteiger partial charge in [0.1, 0.15) is 11.5 Å². The quantitative estimate of drug-likeness (QED) is 0.789. The minimum Gasteiger partial charge on any atom is -0.495 e. The Morgan fingerprint density at radius 1 is 0.786 bits per heavy atom. The predicted octanol–water partition coefficient (Wildman–Crippen LogP) is 4.09. The minimum absolute atomic E-state index is 0.0701. The van der Waals surface area contributed by atoms with Crippen molar-refractivity contribution in [2.24, 2.45) is 11.8 Å². The second-order valence-electron chi connectivity index (χ2n) is 6.94. The summed E-state index contributed by atoms with van der Waals surface area (Å²) in [5.74, 6) is 0.701. The first-order valence-electron chi connectivity index (χ1n) is 9.50. The lowest BCUT2D eigenvalue weighted by atomic mass is 9.80. The number of anilines is 2. The second kappa shape index (κ2) is 9.26. The number of hydrogen-bond donors (Lipinski definition) is 2. The van der Waals surface area contributed by atoms with Gasteiger partial charge in [-0.15, -0.1) is 0 Å². The molecule has 0 bridgehead atoms. The van der Waals surface area contributed by atoms with Crippen LogP contribution in [0.15, 0.2) is 48.5 Å². The van der Waals surface area contributed by atoms with Gasteiger partial charge in [-0.25, -0.2) is 0 Å². The van der Waals surface area contributed by atoms with E-state index in [1.54, 1.807) is 26.4 Å². The summed E-state index contributed by atoms with van der Waals surface area (Å²) < 4.78 is 10.6. The Balaban J connectivity index is 1.63. The molecule has 0 spiro atoms. The van der Waals surface area contributed by atoms with E-state index in [1.165, 1.54) is 0 Å². The molecule has 3 rings (SSSR count). The summed E-state index contributed by atoms with van der Waals surface area (Å²) >= 11 is 0. The molecule has 0 radical (unpaired) electrons. The van der Waals surface area contributed by atoms with Crippen LogP contribution in [0.1, 0.15) is 25.7 Å². The van der Waals surface area contributed by atoms with Gasteiger partial charge in [-0.3, -0.25) is 9.59 Å². The Hall–Kier alpha value is -3.02. The van der Waals surface area contributed by atoms with Crippen LogP contribution in [-0.4, -0.2) is 26.0 Å². The molecule has 2 atom stereocenters. The number of nitrogens with one attached hydrogen (secondary N) is 2. The molecule has 2 unspecified atom stereocenters. The van der Waals surface area contributed by atoms with Crippen molar-refractivity contribution in [3.63, 3.8) is 0 Å². The lowest BCUT2D eigenvalue weighted by Crippen LogP contribution is -2.33. The van der Waals surface area contributed by atoms with Crippen LogP contribution >= 0.6 is 0 Å². The number of rotatable bonds is 6. The van der Waals surface area contributed by atoms with Gasteiger partial charge in [0.2, 0.25) is 11.8 Å². The van der Waals surface area contributed by atoms with E-state index in [0.29, 0.717) is 29.3 Å². The van der Waals surface area contributed by atoms with Crippen molar-refractivity contribution in [3.05, 3.63) is 48.5 Å². The van der Waals surface area contributed by atoms with E-state index in [1.807, 2.05) is 36.4 Å². The molecule has 0 aromatic heterocycles. The molecule has 0 heterocycles. The SMILES string of the molecule is COc1ccccc1NC(=O)C1CCCC(C(=O)Nc2ccccc2OC)C1. The van der Waals surface area contributed by atoms with Crippen molar-refractivity contribution in [1.29, 1.82) is 0 Å². The zero-order valence-electron chi connectivity index (χ0n) is 16.2. The number of amides is 2. The molecule has 2 aromatic carbocycles. The predicted molar refractivity (Wildman–Crippen MR) is 109 cm³/mol. The molecule has 6 nitrogen and oxygen atoms in total. The van der Waals surface area contributed by atoms with Crippen LogP contribution in [0.3, 0.4) is 0 Å². The molecule has 148 valence electrons. The van der Waals surface area contributed by atoms with Crippen molar-refractivity contribution in [2.75, 3.05) is 24.9 Å². The zero-order valence-corrected chi connectivity index (χ0v) is 16.2. The summed E-state index contributed by atoms with van der Waals surface area (Å²) in [5, 5.41) is 5.89. The molecule has 28 heavy (non-hydrogen) atoms. The van der Waals surface area contributed by atoms with Gasteiger partial charge < -0.3 is 20.1 Å². The topological polar surface area (TPSA) is 76.7 Å².